The van der Waals surface area contributed by atoms with Crippen LogP contribution in [-0.4, -0.2) is 18.7 Å². The van der Waals surface area contributed by atoms with Gasteiger partial charge in [-0.2, -0.15) is 0 Å². The summed E-state index contributed by atoms with van der Waals surface area (Å²) < 4.78 is 27.0. The lowest BCUT2D eigenvalue weighted by molar-refractivity contribution is 0.598. The fraction of sp³-hybridized carbons (Fsp3) is 0.462. The fourth-order valence-corrected chi connectivity index (χ4v) is 3.17. The molecule has 0 aromatic heterocycles. The van der Waals surface area contributed by atoms with Crippen LogP contribution in [-0.2, 0) is 22.9 Å². The van der Waals surface area contributed by atoms with Gasteiger partial charge in [0.1, 0.15) is 5.25 Å². The maximum Gasteiger partial charge on any atom is 0.241 e. The number of aryl methyl sites for hydroxylation is 2. The second-order valence-electron chi connectivity index (χ2n) is 4.35. The maximum absolute atomic E-state index is 12.2. The summed E-state index contributed by atoms with van der Waals surface area (Å²) in [6.07, 6.45) is 1.51. The average Bonchev–Trinajstić information content (AvgIpc) is 2.37. The van der Waals surface area contributed by atoms with Gasteiger partial charge in [-0.05, 0) is 30.9 Å². The molecule has 1 atom stereocenters. The van der Waals surface area contributed by atoms with Gasteiger partial charge in [0, 0.05) is 0 Å². The predicted octanol–water partition coefficient (Wildman–Crippen LogP) is 2.23. The first-order valence-electron chi connectivity index (χ1n) is 6.25. The van der Waals surface area contributed by atoms with Crippen LogP contribution in [0.5, 0.6) is 0 Å². The lowest BCUT2D eigenvalue weighted by Gasteiger charge is -2.18. The Morgan fingerprint density at radius 1 is 1.32 bits per heavy atom. The van der Waals surface area contributed by atoms with Gasteiger partial charge in [0.05, 0.1) is 10.7 Å². The Morgan fingerprint density at radius 3 is 2.16 bits per heavy atom. The van der Waals surface area contributed by atoms with Gasteiger partial charge < -0.3 is 5.73 Å². The normalized spacial score (nSPS) is 13.0. The van der Waals surface area contributed by atoms with E-state index in [1.54, 1.807) is 0 Å². The van der Waals surface area contributed by atoms with E-state index in [1.165, 1.54) is 6.92 Å². The zero-order valence-electron chi connectivity index (χ0n) is 11.4. The van der Waals surface area contributed by atoms with Crippen LogP contribution in [0.2, 0.25) is 0 Å². The molecule has 0 aliphatic heterocycles. The lowest BCUT2D eigenvalue weighted by Crippen LogP contribution is -2.36. The van der Waals surface area contributed by atoms with Gasteiger partial charge in [0.2, 0.25) is 10.0 Å². The third-order valence-electron chi connectivity index (χ3n) is 3.11. The Bertz CT molecular complexity index is 546. The Morgan fingerprint density at radius 2 is 1.79 bits per heavy atom. The Kier molecular flexibility index (Phi) is 5.31. The van der Waals surface area contributed by atoms with Gasteiger partial charge in [0.25, 0.3) is 0 Å². The second kappa shape index (κ2) is 6.34. The van der Waals surface area contributed by atoms with Gasteiger partial charge in [-0.15, -0.1) is 0 Å². The lowest BCUT2D eigenvalue weighted by atomic mass is 10.0. The number of anilines is 1. The first-order chi connectivity index (χ1) is 8.83. The van der Waals surface area contributed by atoms with Crippen molar-refractivity contribution in [3.8, 4) is 0 Å². The maximum atomic E-state index is 12.2. The molecule has 1 aromatic carbocycles. The molecule has 0 radical (unpaired) electrons. The zero-order valence-corrected chi connectivity index (χ0v) is 13.1. The van der Waals surface area contributed by atoms with Crippen molar-refractivity contribution in [3.63, 3.8) is 0 Å². The molecule has 0 aliphatic rings. The SMILES string of the molecule is CCc1cccc(CC)c1NS(=O)(=O)C(C)C(N)=S. The molecule has 6 heteroatoms. The summed E-state index contributed by atoms with van der Waals surface area (Å²) in [6, 6.07) is 5.78. The minimum atomic E-state index is -3.59. The number of nitrogens with two attached hydrogens (primary N) is 1. The summed E-state index contributed by atoms with van der Waals surface area (Å²) in [7, 11) is -3.59. The number of rotatable bonds is 6. The average molecular weight is 300 g/mol. The molecule has 0 heterocycles. The number of sulfonamides is 1. The molecule has 0 saturated heterocycles. The predicted molar refractivity (Wildman–Crippen MR) is 84.0 cm³/mol. The Labute approximate surface area is 120 Å². The highest BCUT2D eigenvalue weighted by Crippen LogP contribution is 2.24. The molecular formula is C13H20N2O2S2. The largest absolute Gasteiger partial charge is 0.392 e. The number of para-hydroxylation sites is 1. The molecule has 0 fully saturated rings. The molecule has 1 aromatic rings. The standard InChI is InChI=1S/C13H20N2O2S2/c1-4-10-7-6-8-11(5-2)12(10)15-19(16,17)9(3)13(14)18/h6-9,15H,4-5H2,1-3H3,(H2,14,18). The van der Waals surface area contributed by atoms with Crippen LogP contribution in [0, 0.1) is 0 Å². The van der Waals surface area contributed by atoms with E-state index in [9.17, 15) is 8.42 Å². The van der Waals surface area contributed by atoms with E-state index in [0.29, 0.717) is 5.69 Å². The Hall–Kier alpha value is -1.14. The van der Waals surface area contributed by atoms with Crippen LogP contribution in [0.3, 0.4) is 0 Å². The number of benzene rings is 1. The van der Waals surface area contributed by atoms with Crippen molar-refractivity contribution in [3.05, 3.63) is 29.3 Å². The minimum absolute atomic E-state index is 0.0282. The molecule has 19 heavy (non-hydrogen) atoms. The minimum Gasteiger partial charge on any atom is -0.392 e. The molecule has 106 valence electrons. The van der Waals surface area contributed by atoms with E-state index < -0.39 is 15.3 Å². The van der Waals surface area contributed by atoms with Crippen LogP contribution in [0.1, 0.15) is 31.9 Å². The van der Waals surface area contributed by atoms with Gasteiger partial charge >= 0.3 is 0 Å². The summed E-state index contributed by atoms with van der Waals surface area (Å²) >= 11 is 4.76. The van der Waals surface area contributed by atoms with E-state index in [4.69, 9.17) is 18.0 Å². The summed E-state index contributed by atoms with van der Waals surface area (Å²) in [5, 5.41) is -0.892. The number of nitrogens with one attached hydrogen (secondary N) is 1. The van der Waals surface area contributed by atoms with Gasteiger partial charge in [-0.25, -0.2) is 8.42 Å². The number of thiocarbonyl (C=S) groups is 1. The topological polar surface area (TPSA) is 72.2 Å². The number of hydrogen-bond acceptors (Lipinski definition) is 3. The zero-order chi connectivity index (χ0) is 14.6. The molecule has 1 rings (SSSR count). The van der Waals surface area contributed by atoms with E-state index in [1.807, 2.05) is 32.0 Å². The summed E-state index contributed by atoms with van der Waals surface area (Å²) in [5.41, 5.74) is 8.03. The van der Waals surface area contributed by atoms with Crippen molar-refractivity contribution >= 4 is 32.9 Å². The van der Waals surface area contributed by atoms with E-state index in [-0.39, 0.29) is 4.99 Å². The van der Waals surface area contributed by atoms with Gasteiger partial charge in [-0.3, -0.25) is 4.72 Å². The molecule has 0 spiro atoms. The molecule has 0 bridgehead atoms. The van der Waals surface area contributed by atoms with Crippen LogP contribution < -0.4 is 10.5 Å². The van der Waals surface area contributed by atoms with E-state index >= 15 is 0 Å². The molecular weight excluding hydrogens is 280 g/mol. The van der Waals surface area contributed by atoms with Crippen molar-refractivity contribution in [1.29, 1.82) is 0 Å². The molecule has 0 amide bonds. The van der Waals surface area contributed by atoms with Crippen LogP contribution in [0.15, 0.2) is 18.2 Å². The first kappa shape index (κ1) is 15.9. The van der Waals surface area contributed by atoms with Crippen molar-refractivity contribution < 1.29 is 8.42 Å². The highest BCUT2D eigenvalue weighted by Gasteiger charge is 2.24. The number of hydrogen-bond donors (Lipinski definition) is 2. The quantitative estimate of drug-likeness (QED) is 0.790. The fourth-order valence-electron chi connectivity index (χ4n) is 1.76. The highest BCUT2D eigenvalue weighted by molar-refractivity contribution is 7.95. The second-order valence-corrected chi connectivity index (χ2v) is 6.82. The molecule has 1 unspecified atom stereocenters. The monoisotopic (exact) mass is 300 g/mol. The van der Waals surface area contributed by atoms with E-state index in [0.717, 1.165) is 24.0 Å². The van der Waals surface area contributed by atoms with Gasteiger partial charge in [0.15, 0.2) is 0 Å². The summed E-state index contributed by atoms with van der Waals surface area (Å²) in [6.45, 7) is 5.47. The first-order valence-corrected chi connectivity index (χ1v) is 8.20. The van der Waals surface area contributed by atoms with Gasteiger partial charge in [-0.1, -0.05) is 44.3 Å². The molecule has 0 saturated carbocycles. The molecule has 0 aliphatic carbocycles. The van der Waals surface area contributed by atoms with Crippen molar-refractivity contribution in [2.24, 2.45) is 5.73 Å². The summed E-state index contributed by atoms with van der Waals surface area (Å²) in [5.74, 6) is 0. The van der Waals surface area contributed by atoms with Crippen molar-refractivity contribution in [2.45, 2.75) is 38.9 Å². The van der Waals surface area contributed by atoms with Crippen LogP contribution in [0.4, 0.5) is 5.69 Å². The molecule has 4 nitrogen and oxygen atoms in total. The smallest absolute Gasteiger partial charge is 0.241 e. The van der Waals surface area contributed by atoms with Crippen LogP contribution >= 0.6 is 12.2 Å². The highest BCUT2D eigenvalue weighted by atomic mass is 32.2. The van der Waals surface area contributed by atoms with Crippen molar-refractivity contribution in [1.82, 2.24) is 0 Å². The summed E-state index contributed by atoms with van der Waals surface area (Å²) in [4.78, 5) is -0.0282. The Balaban J connectivity index is 3.22. The third-order valence-corrected chi connectivity index (χ3v) is 5.29. The third kappa shape index (κ3) is 3.67. The van der Waals surface area contributed by atoms with Crippen molar-refractivity contribution in [2.75, 3.05) is 4.72 Å². The molecule has 3 N–H and O–H groups in total. The van der Waals surface area contributed by atoms with E-state index in [2.05, 4.69) is 4.72 Å². The van der Waals surface area contributed by atoms with Crippen LogP contribution in [0.25, 0.3) is 0 Å².